The predicted molar refractivity (Wildman–Crippen MR) is 77.6 cm³/mol. The molecule has 0 aliphatic carbocycles. The van der Waals surface area contributed by atoms with Crippen LogP contribution in [-0.2, 0) is 19.1 Å². The number of urea groups is 1. The number of rotatable bonds is 7. The van der Waals surface area contributed by atoms with E-state index < -0.39 is 11.9 Å². The first-order valence-corrected chi connectivity index (χ1v) is 6.82. The Kier molecular flexibility index (Phi) is 8.84. The molecule has 0 spiro atoms. The Balaban J connectivity index is 3.70. The second kappa shape index (κ2) is 9.79. The molecule has 0 bridgehead atoms. The molecule has 0 aromatic carbocycles. The minimum Gasteiger partial charge on any atom is -0.463 e. The largest absolute Gasteiger partial charge is 0.463 e. The Hall–Kier alpha value is -2.05. The quantitative estimate of drug-likeness (QED) is 0.418. The van der Waals surface area contributed by atoms with E-state index in [2.05, 4.69) is 15.4 Å². The topological polar surface area (TPSA) is 93.7 Å². The van der Waals surface area contributed by atoms with Gasteiger partial charge in [0.1, 0.15) is 0 Å². The van der Waals surface area contributed by atoms with Gasteiger partial charge in [0.2, 0.25) is 0 Å². The third kappa shape index (κ3) is 12.7. The third-order valence-electron chi connectivity index (χ3n) is 1.98. The highest BCUT2D eigenvalue weighted by Gasteiger charge is 2.12. The second-order valence-electron chi connectivity index (χ2n) is 5.24. The van der Waals surface area contributed by atoms with Gasteiger partial charge in [0.25, 0.3) is 0 Å². The average molecular weight is 300 g/mol. The van der Waals surface area contributed by atoms with E-state index in [-0.39, 0.29) is 24.8 Å². The van der Waals surface area contributed by atoms with Crippen LogP contribution in [0.15, 0.2) is 12.2 Å². The summed E-state index contributed by atoms with van der Waals surface area (Å²) in [5, 5.41) is 5.39. The van der Waals surface area contributed by atoms with Crippen LogP contribution >= 0.6 is 0 Å². The van der Waals surface area contributed by atoms with Crippen LogP contribution in [0, 0.1) is 0 Å². The van der Waals surface area contributed by atoms with E-state index in [0.29, 0.717) is 13.0 Å². The summed E-state index contributed by atoms with van der Waals surface area (Å²) in [7, 11) is 0. The highest BCUT2D eigenvalue weighted by molar-refractivity contribution is 5.91. The van der Waals surface area contributed by atoms with Gasteiger partial charge in [0, 0.05) is 24.2 Å². The highest BCUT2D eigenvalue weighted by atomic mass is 16.5. The van der Waals surface area contributed by atoms with Crippen molar-refractivity contribution < 1.29 is 23.9 Å². The van der Waals surface area contributed by atoms with Crippen LogP contribution < -0.4 is 10.6 Å². The molecule has 0 aliphatic heterocycles. The zero-order chi connectivity index (χ0) is 16.3. The van der Waals surface area contributed by atoms with Gasteiger partial charge in [-0.25, -0.2) is 14.4 Å². The SMILES string of the molecule is CCOC(=O)/C=C/C(=O)OCCCNC(=O)NC(C)(C)C. The van der Waals surface area contributed by atoms with E-state index in [9.17, 15) is 14.4 Å². The number of carbonyl (C=O) groups is 3. The minimum absolute atomic E-state index is 0.155. The molecule has 2 N–H and O–H groups in total. The Bertz CT molecular complexity index is 385. The molecule has 0 unspecified atom stereocenters. The molecule has 0 saturated heterocycles. The van der Waals surface area contributed by atoms with E-state index in [1.165, 1.54) is 0 Å². The molecule has 21 heavy (non-hydrogen) atoms. The standard InChI is InChI=1S/C14H24N2O5/c1-5-20-11(17)7-8-12(18)21-10-6-9-15-13(19)16-14(2,3)4/h7-8H,5-6,9-10H2,1-4H3,(H2,15,16,19)/b8-7+. The summed E-state index contributed by atoms with van der Waals surface area (Å²) in [4.78, 5) is 33.6. The first-order chi connectivity index (χ1) is 9.74. The lowest BCUT2D eigenvalue weighted by atomic mass is 10.1. The maximum Gasteiger partial charge on any atom is 0.331 e. The van der Waals surface area contributed by atoms with Crippen molar-refractivity contribution in [2.45, 2.75) is 39.7 Å². The van der Waals surface area contributed by atoms with Crippen molar-refractivity contribution in [3.05, 3.63) is 12.2 Å². The van der Waals surface area contributed by atoms with Crippen molar-refractivity contribution >= 4 is 18.0 Å². The van der Waals surface area contributed by atoms with E-state index in [1.54, 1.807) is 6.92 Å². The van der Waals surface area contributed by atoms with Crippen LogP contribution in [0.1, 0.15) is 34.1 Å². The van der Waals surface area contributed by atoms with Gasteiger partial charge in [-0.1, -0.05) is 0 Å². The number of hydrogen-bond donors (Lipinski definition) is 2. The van der Waals surface area contributed by atoms with Crippen molar-refractivity contribution in [1.29, 1.82) is 0 Å². The third-order valence-corrected chi connectivity index (χ3v) is 1.98. The minimum atomic E-state index is -0.623. The zero-order valence-corrected chi connectivity index (χ0v) is 13.0. The Morgan fingerprint density at radius 1 is 1.05 bits per heavy atom. The maximum atomic E-state index is 11.4. The van der Waals surface area contributed by atoms with Crippen molar-refractivity contribution in [3.63, 3.8) is 0 Å². The Labute approximate surface area is 125 Å². The fourth-order valence-electron chi connectivity index (χ4n) is 1.21. The molecular weight excluding hydrogens is 276 g/mol. The van der Waals surface area contributed by atoms with E-state index in [0.717, 1.165) is 12.2 Å². The molecule has 0 atom stereocenters. The van der Waals surface area contributed by atoms with Gasteiger partial charge in [-0.3, -0.25) is 0 Å². The molecule has 0 aromatic heterocycles. The van der Waals surface area contributed by atoms with Crippen LogP contribution in [-0.4, -0.2) is 43.3 Å². The molecule has 2 amide bonds. The molecular formula is C14H24N2O5. The molecule has 0 aromatic rings. The van der Waals surface area contributed by atoms with Gasteiger partial charge >= 0.3 is 18.0 Å². The van der Waals surface area contributed by atoms with Gasteiger partial charge in [0.15, 0.2) is 0 Å². The van der Waals surface area contributed by atoms with Gasteiger partial charge in [-0.05, 0) is 34.1 Å². The molecule has 0 heterocycles. The molecule has 0 saturated carbocycles. The van der Waals surface area contributed by atoms with Crippen LogP contribution in [0.4, 0.5) is 4.79 Å². The monoisotopic (exact) mass is 300 g/mol. The smallest absolute Gasteiger partial charge is 0.331 e. The molecule has 7 nitrogen and oxygen atoms in total. The molecule has 0 aliphatic rings. The maximum absolute atomic E-state index is 11.4. The lowest BCUT2D eigenvalue weighted by molar-refractivity contribution is -0.140. The molecule has 7 heteroatoms. The van der Waals surface area contributed by atoms with Crippen LogP contribution in [0.25, 0.3) is 0 Å². The molecule has 0 radical (unpaired) electrons. The second-order valence-corrected chi connectivity index (χ2v) is 5.24. The fraction of sp³-hybridized carbons (Fsp3) is 0.643. The summed E-state index contributed by atoms with van der Waals surface area (Å²) in [5.74, 6) is -1.21. The summed E-state index contributed by atoms with van der Waals surface area (Å²) in [5.41, 5.74) is -0.297. The summed E-state index contributed by atoms with van der Waals surface area (Å²) in [6, 6.07) is -0.268. The number of carbonyl (C=O) groups excluding carboxylic acids is 3. The van der Waals surface area contributed by atoms with E-state index in [1.807, 2.05) is 20.8 Å². The average Bonchev–Trinajstić information content (AvgIpc) is 2.34. The van der Waals surface area contributed by atoms with Crippen LogP contribution in [0.3, 0.4) is 0 Å². The predicted octanol–water partition coefficient (Wildman–Crippen LogP) is 1.14. The number of ether oxygens (including phenoxy) is 2. The first-order valence-electron chi connectivity index (χ1n) is 6.82. The fourth-order valence-corrected chi connectivity index (χ4v) is 1.21. The van der Waals surface area contributed by atoms with Crippen molar-refractivity contribution in [2.24, 2.45) is 0 Å². The van der Waals surface area contributed by atoms with Gasteiger partial charge < -0.3 is 20.1 Å². The molecule has 0 rings (SSSR count). The van der Waals surface area contributed by atoms with Gasteiger partial charge in [-0.15, -0.1) is 0 Å². The number of amides is 2. The van der Waals surface area contributed by atoms with Gasteiger partial charge in [0.05, 0.1) is 13.2 Å². The van der Waals surface area contributed by atoms with Gasteiger partial charge in [-0.2, -0.15) is 0 Å². The zero-order valence-electron chi connectivity index (χ0n) is 13.0. The number of esters is 2. The summed E-state index contributed by atoms with van der Waals surface area (Å²) in [6.07, 6.45) is 2.51. The summed E-state index contributed by atoms with van der Waals surface area (Å²) in [6.45, 7) is 8.10. The number of nitrogens with one attached hydrogen (secondary N) is 2. The highest BCUT2D eigenvalue weighted by Crippen LogP contribution is 1.97. The van der Waals surface area contributed by atoms with Crippen LogP contribution in [0.5, 0.6) is 0 Å². The van der Waals surface area contributed by atoms with Crippen molar-refractivity contribution in [3.8, 4) is 0 Å². The summed E-state index contributed by atoms with van der Waals surface area (Å²) >= 11 is 0. The number of hydrogen-bond acceptors (Lipinski definition) is 5. The van der Waals surface area contributed by atoms with Crippen molar-refractivity contribution in [1.82, 2.24) is 10.6 Å². The lowest BCUT2D eigenvalue weighted by Gasteiger charge is -2.20. The summed E-state index contributed by atoms with van der Waals surface area (Å²) < 4.78 is 9.46. The van der Waals surface area contributed by atoms with E-state index >= 15 is 0 Å². The van der Waals surface area contributed by atoms with Crippen molar-refractivity contribution in [2.75, 3.05) is 19.8 Å². The Morgan fingerprint density at radius 2 is 1.62 bits per heavy atom. The Morgan fingerprint density at radius 3 is 2.14 bits per heavy atom. The molecule has 0 fully saturated rings. The van der Waals surface area contributed by atoms with Crippen LogP contribution in [0.2, 0.25) is 0 Å². The lowest BCUT2D eigenvalue weighted by Crippen LogP contribution is -2.46. The first kappa shape index (κ1) is 18.9. The van der Waals surface area contributed by atoms with E-state index in [4.69, 9.17) is 4.74 Å². The molecule has 120 valence electrons. The normalized spacial score (nSPS) is 11.0.